The number of halogens is 1. The molecule has 0 bridgehead atoms. The molecule has 1 rings (SSSR count). The molecule has 138 valence electrons. The van der Waals surface area contributed by atoms with Crippen molar-refractivity contribution >= 4 is 29.9 Å². The van der Waals surface area contributed by atoms with Gasteiger partial charge in [-0.2, -0.15) is 0 Å². The van der Waals surface area contributed by atoms with E-state index in [1.54, 1.807) is 7.11 Å². The fraction of sp³-hybridized carbons (Fsp3) is 0.944. The van der Waals surface area contributed by atoms with E-state index >= 15 is 0 Å². The third kappa shape index (κ3) is 9.75. The third-order valence-electron chi connectivity index (χ3n) is 4.75. The molecule has 0 unspecified atom stereocenters. The fourth-order valence-electron chi connectivity index (χ4n) is 2.99. The van der Waals surface area contributed by atoms with Crippen LogP contribution < -0.4 is 10.6 Å². The van der Waals surface area contributed by atoms with Crippen LogP contribution in [0.1, 0.15) is 65.7 Å². The van der Waals surface area contributed by atoms with Crippen LogP contribution in [0, 0.1) is 10.8 Å². The van der Waals surface area contributed by atoms with Crippen molar-refractivity contribution in [1.82, 2.24) is 10.6 Å². The standard InChI is InChI=1S/C18H37N3O.HI/c1-17(2,3)9-6-7-13-20-16(19-4)21-15-18(10-8-11-18)12-14-22-5;/h6-15H2,1-5H3,(H2,19,20,21);1H. The highest BCUT2D eigenvalue weighted by molar-refractivity contribution is 14.0. The second-order valence-electron chi connectivity index (χ2n) is 7.97. The summed E-state index contributed by atoms with van der Waals surface area (Å²) in [6, 6.07) is 0. The molecule has 0 saturated heterocycles. The summed E-state index contributed by atoms with van der Waals surface area (Å²) in [6.45, 7) is 9.79. The Morgan fingerprint density at radius 2 is 1.87 bits per heavy atom. The average Bonchev–Trinajstić information content (AvgIpc) is 2.41. The summed E-state index contributed by atoms with van der Waals surface area (Å²) in [5.74, 6) is 0.944. The smallest absolute Gasteiger partial charge is 0.190 e. The van der Waals surface area contributed by atoms with Gasteiger partial charge in [-0.15, -0.1) is 24.0 Å². The lowest BCUT2D eigenvalue weighted by atomic mass is 9.67. The van der Waals surface area contributed by atoms with Gasteiger partial charge in [-0.3, -0.25) is 4.99 Å². The van der Waals surface area contributed by atoms with E-state index in [4.69, 9.17) is 4.74 Å². The van der Waals surface area contributed by atoms with Crippen molar-refractivity contribution in [1.29, 1.82) is 0 Å². The quantitative estimate of drug-likeness (QED) is 0.245. The summed E-state index contributed by atoms with van der Waals surface area (Å²) >= 11 is 0. The van der Waals surface area contributed by atoms with E-state index in [1.807, 2.05) is 7.05 Å². The van der Waals surface area contributed by atoms with Crippen molar-refractivity contribution < 1.29 is 4.74 Å². The molecule has 1 fully saturated rings. The lowest BCUT2D eigenvalue weighted by Gasteiger charge is -2.42. The van der Waals surface area contributed by atoms with Crippen molar-refractivity contribution in [2.45, 2.75) is 65.7 Å². The van der Waals surface area contributed by atoms with Gasteiger partial charge >= 0.3 is 0 Å². The number of ether oxygens (including phenoxy) is 1. The Labute approximate surface area is 160 Å². The monoisotopic (exact) mass is 439 g/mol. The molecule has 0 aliphatic heterocycles. The Balaban J connectivity index is 0.00000484. The highest BCUT2D eigenvalue weighted by Crippen LogP contribution is 2.43. The highest BCUT2D eigenvalue weighted by Gasteiger charge is 2.36. The largest absolute Gasteiger partial charge is 0.385 e. The molecule has 4 nitrogen and oxygen atoms in total. The van der Waals surface area contributed by atoms with Gasteiger partial charge in [-0.1, -0.05) is 33.6 Å². The van der Waals surface area contributed by atoms with Gasteiger partial charge in [0.2, 0.25) is 0 Å². The Kier molecular flexibility index (Phi) is 11.5. The number of hydrogen-bond donors (Lipinski definition) is 2. The first-order chi connectivity index (χ1) is 10.4. The number of guanidine groups is 1. The van der Waals surface area contributed by atoms with E-state index in [1.165, 1.54) is 38.5 Å². The molecule has 23 heavy (non-hydrogen) atoms. The van der Waals surface area contributed by atoms with Gasteiger partial charge in [0.15, 0.2) is 5.96 Å². The van der Waals surface area contributed by atoms with E-state index < -0.39 is 0 Å². The number of hydrogen-bond acceptors (Lipinski definition) is 2. The number of unbranched alkanes of at least 4 members (excludes halogenated alkanes) is 1. The van der Waals surface area contributed by atoms with Gasteiger partial charge in [0, 0.05) is 33.9 Å². The Morgan fingerprint density at radius 1 is 1.17 bits per heavy atom. The molecule has 0 aromatic heterocycles. The summed E-state index contributed by atoms with van der Waals surface area (Å²) in [5.41, 5.74) is 0.873. The molecule has 0 heterocycles. The van der Waals surface area contributed by atoms with Crippen molar-refractivity contribution in [2.24, 2.45) is 15.8 Å². The van der Waals surface area contributed by atoms with E-state index in [0.717, 1.165) is 32.1 Å². The lowest BCUT2D eigenvalue weighted by Crippen LogP contribution is -2.47. The SMILES string of the molecule is CN=C(NCCCCC(C)(C)C)NCC1(CCOC)CCC1.I. The van der Waals surface area contributed by atoms with Gasteiger partial charge in [0.1, 0.15) is 0 Å². The van der Waals surface area contributed by atoms with E-state index in [2.05, 4.69) is 36.4 Å². The minimum atomic E-state index is 0. The van der Waals surface area contributed by atoms with E-state index in [-0.39, 0.29) is 24.0 Å². The van der Waals surface area contributed by atoms with Gasteiger partial charge in [-0.25, -0.2) is 0 Å². The molecule has 2 N–H and O–H groups in total. The highest BCUT2D eigenvalue weighted by atomic mass is 127. The molecule has 0 aromatic carbocycles. The molecule has 0 amide bonds. The summed E-state index contributed by atoms with van der Waals surface area (Å²) in [5, 5.41) is 6.95. The van der Waals surface area contributed by atoms with Gasteiger partial charge in [0.25, 0.3) is 0 Å². The first kappa shape index (κ1) is 23.0. The van der Waals surface area contributed by atoms with Crippen molar-refractivity contribution in [3.63, 3.8) is 0 Å². The van der Waals surface area contributed by atoms with Crippen LogP contribution in [0.5, 0.6) is 0 Å². The minimum Gasteiger partial charge on any atom is -0.385 e. The minimum absolute atomic E-state index is 0. The number of nitrogens with zero attached hydrogens (tertiary/aromatic N) is 1. The Bertz CT molecular complexity index is 336. The fourth-order valence-corrected chi connectivity index (χ4v) is 2.99. The van der Waals surface area contributed by atoms with Crippen LogP contribution in [0.15, 0.2) is 4.99 Å². The van der Waals surface area contributed by atoms with E-state index in [0.29, 0.717) is 10.8 Å². The lowest BCUT2D eigenvalue weighted by molar-refractivity contribution is 0.0732. The maximum Gasteiger partial charge on any atom is 0.190 e. The van der Waals surface area contributed by atoms with Crippen LogP contribution in [-0.2, 0) is 4.74 Å². The maximum atomic E-state index is 5.25. The molecular weight excluding hydrogens is 401 g/mol. The second kappa shape index (κ2) is 11.5. The number of nitrogens with one attached hydrogen (secondary N) is 2. The van der Waals surface area contributed by atoms with Crippen LogP contribution in [0.25, 0.3) is 0 Å². The number of methoxy groups -OCH3 is 1. The zero-order valence-electron chi connectivity index (χ0n) is 15.8. The molecule has 5 heteroatoms. The normalized spacial score (nSPS) is 17.2. The molecule has 1 saturated carbocycles. The summed E-state index contributed by atoms with van der Waals surface area (Å²) in [4.78, 5) is 4.34. The first-order valence-corrected chi connectivity index (χ1v) is 8.84. The summed E-state index contributed by atoms with van der Waals surface area (Å²) in [7, 11) is 3.64. The van der Waals surface area contributed by atoms with Crippen LogP contribution in [0.4, 0.5) is 0 Å². The molecule has 1 aliphatic rings. The van der Waals surface area contributed by atoms with Crippen LogP contribution in [0.3, 0.4) is 0 Å². The van der Waals surface area contributed by atoms with Crippen molar-refractivity contribution in [3.05, 3.63) is 0 Å². The topological polar surface area (TPSA) is 45.7 Å². The Morgan fingerprint density at radius 3 is 2.35 bits per heavy atom. The van der Waals surface area contributed by atoms with Crippen molar-refractivity contribution in [3.8, 4) is 0 Å². The van der Waals surface area contributed by atoms with Gasteiger partial charge in [0.05, 0.1) is 0 Å². The zero-order chi connectivity index (χ0) is 16.5. The van der Waals surface area contributed by atoms with Crippen LogP contribution >= 0.6 is 24.0 Å². The maximum absolute atomic E-state index is 5.25. The van der Waals surface area contributed by atoms with Crippen molar-refractivity contribution in [2.75, 3.05) is 33.9 Å². The summed E-state index contributed by atoms with van der Waals surface area (Å²) in [6.07, 6.45) is 8.88. The predicted molar refractivity (Wildman–Crippen MR) is 111 cm³/mol. The third-order valence-corrected chi connectivity index (χ3v) is 4.75. The zero-order valence-corrected chi connectivity index (χ0v) is 18.2. The predicted octanol–water partition coefficient (Wildman–Crippen LogP) is 4.19. The number of aliphatic imine (C=N–C) groups is 1. The molecule has 1 aliphatic carbocycles. The molecule has 0 atom stereocenters. The van der Waals surface area contributed by atoms with Gasteiger partial charge < -0.3 is 15.4 Å². The molecule has 0 aromatic rings. The second-order valence-corrected chi connectivity index (χ2v) is 7.97. The van der Waals surface area contributed by atoms with Crippen LogP contribution in [-0.4, -0.2) is 39.8 Å². The molecule has 0 radical (unpaired) electrons. The summed E-state index contributed by atoms with van der Waals surface area (Å²) < 4.78 is 5.25. The van der Waals surface area contributed by atoms with E-state index in [9.17, 15) is 0 Å². The molecular formula is C18H38IN3O. The molecule has 0 spiro atoms. The van der Waals surface area contributed by atoms with Crippen LogP contribution in [0.2, 0.25) is 0 Å². The number of rotatable bonds is 9. The first-order valence-electron chi connectivity index (χ1n) is 8.84. The Hall–Kier alpha value is -0.0400. The van der Waals surface area contributed by atoms with Gasteiger partial charge in [-0.05, 0) is 42.9 Å². The average molecular weight is 439 g/mol.